The smallest absolute Gasteiger partial charge is 0.174 e. The fourth-order valence-electron chi connectivity index (χ4n) is 1.13. The van der Waals surface area contributed by atoms with Gasteiger partial charge in [0.15, 0.2) is 11.4 Å². The Hall–Kier alpha value is -1.14. The zero-order chi connectivity index (χ0) is 10.6. The fourth-order valence-corrected chi connectivity index (χ4v) is 1.13. The number of nitrogens with zero attached hydrogens (tertiary/aromatic N) is 1. The summed E-state index contributed by atoms with van der Waals surface area (Å²) in [6.45, 7) is 0.497. The van der Waals surface area contributed by atoms with E-state index in [9.17, 15) is 0 Å². The molecule has 0 bridgehead atoms. The molecule has 0 amide bonds. The Bertz CT molecular complexity index is 419. The van der Waals surface area contributed by atoms with Crippen LogP contribution in [-0.4, -0.2) is 19.8 Å². The normalized spacial score (nSPS) is 9.00. The number of hydrogen-bond donors (Lipinski definition) is 3. The molecule has 1 aromatic heterocycles. The van der Waals surface area contributed by atoms with Crippen molar-refractivity contribution in [1.29, 1.82) is 0 Å². The summed E-state index contributed by atoms with van der Waals surface area (Å²) >= 11 is 3.53. The second-order valence-electron chi connectivity index (χ2n) is 2.60. The third kappa shape index (κ3) is 2.90. The molecule has 79 valence electrons. The first-order valence-electron chi connectivity index (χ1n) is 4.10. The maximum Gasteiger partial charge on any atom is 0.174 e. The second-order valence-corrected chi connectivity index (χ2v) is 2.60. The molecule has 0 atom stereocenters. The molecule has 2 aromatic rings. The number of aromatic nitrogens is 1. The topological polar surface area (TPSA) is 78.1 Å². The van der Waals surface area contributed by atoms with Crippen LogP contribution in [-0.2, 0) is 6.54 Å². The summed E-state index contributed by atoms with van der Waals surface area (Å²) in [5.41, 5.74) is 12.7. The van der Waals surface area contributed by atoms with Gasteiger partial charge in [-0.2, -0.15) is 12.6 Å². The van der Waals surface area contributed by atoms with E-state index in [4.69, 9.17) is 16.0 Å². The van der Waals surface area contributed by atoms with Crippen LogP contribution in [0, 0.1) is 0 Å². The van der Waals surface area contributed by atoms with Crippen LogP contribution in [0.3, 0.4) is 0 Å². The molecular formula is C9H13BN3OS. The molecule has 0 aliphatic carbocycles. The number of thiol groups is 1. The minimum Gasteiger partial charge on any atom is -0.380 e. The molecule has 3 radical (unpaired) electrons. The van der Waals surface area contributed by atoms with Crippen molar-refractivity contribution in [2.45, 2.75) is 6.54 Å². The molecule has 6 heteroatoms. The van der Waals surface area contributed by atoms with E-state index in [0.29, 0.717) is 17.9 Å². The molecule has 0 fully saturated rings. The van der Waals surface area contributed by atoms with Gasteiger partial charge in [0.25, 0.3) is 0 Å². The predicted octanol–water partition coefficient (Wildman–Crippen LogP) is 1.03. The first-order valence-corrected chi connectivity index (χ1v) is 4.99. The number of fused-ring (bicyclic) bond motifs is 1. The van der Waals surface area contributed by atoms with Crippen LogP contribution in [0.5, 0.6) is 0 Å². The van der Waals surface area contributed by atoms with Crippen LogP contribution in [0.1, 0.15) is 5.56 Å². The number of anilines is 1. The molecule has 0 spiro atoms. The number of nitrogen functional groups attached to an aromatic ring is 1. The van der Waals surface area contributed by atoms with Crippen LogP contribution < -0.4 is 11.5 Å². The lowest BCUT2D eigenvalue weighted by molar-refractivity contribution is 0.460. The summed E-state index contributed by atoms with van der Waals surface area (Å²) in [5.74, 6) is 0.425. The van der Waals surface area contributed by atoms with E-state index < -0.39 is 0 Å². The van der Waals surface area contributed by atoms with Gasteiger partial charge in [-0.1, -0.05) is 11.2 Å². The average molecular weight is 222 g/mol. The summed E-state index contributed by atoms with van der Waals surface area (Å²) in [4.78, 5) is 0. The van der Waals surface area contributed by atoms with Crippen molar-refractivity contribution < 1.29 is 4.52 Å². The van der Waals surface area contributed by atoms with Crippen LogP contribution >= 0.6 is 12.6 Å². The Morgan fingerprint density at radius 1 is 1.40 bits per heavy atom. The Labute approximate surface area is 96.0 Å². The maximum atomic E-state index is 5.53. The van der Waals surface area contributed by atoms with Crippen LogP contribution in [0.25, 0.3) is 11.0 Å². The van der Waals surface area contributed by atoms with E-state index in [1.807, 2.05) is 18.2 Å². The van der Waals surface area contributed by atoms with Crippen molar-refractivity contribution in [1.82, 2.24) is 5.16 Å². The van der Waals surface area contributed by atoms with E-state index in [0.717, 1.165) is 10.9 Å². The number of rotatable bonds is 1. The minimum atomic E-state index is 0. The van der Waals surface area contributed by atoms with Gasteiger partial charge < -0.3 is 16.0 Å². The molecule has 2 rings (SSSR count). The number of benzene rings is 1. The molecule has 1 aromatic carbocycles. The van der Waals surface area contributed by atoms with Gasteiger partial charge in [0.2, 0.25) is 0 Å². The zero-order valence-electron chi connectivity index (χ0n) is 8.47. The van der Waals surface area contributed by atoms with Gasteiger partial charge in [-0.15, -0.1) is 0 Å². The van der Waals surface area contributed by atoms with Crippen LogP contribution in [0.15, 0.2) is 22.7 Å². The molecule has 0 aliphatic rings. The van der Waals surface area contributed by atoms with Crippen LogP contribution in [0.4, 0.5) is 5.82 Å². The van der Waals surface area contributed by atoms with Crippen LogP contribution in [0.2, 0.25) is 0 Å². The van der Waals surface area contributed by atoms with Crippen molar-refractivity contribution in [3.05, 3.63) is 23.8 Å². The van der Waals surface area contributed by atoms with Crippen molar-refractivity contribution in [3.8, 4) is 0 Å². The molecule has 15 heavy (non-hydrogen) atoms. The predicted molar refractivity (Wildman–Crippen MR) is 67.0 cm³/mol. The SMILES string of the molecule is CS.NCc1ccc2c(N)noc2c1.[B]. The lowest BCUT2D eigenvalue weighted by Crippen LogP contribution is -1.94. The summed E-state index contributed by atoms with van der Waals surface area (Å²) in [6.07, 6.45) is 1.69. The zero-order valence-corrected chi connectivity index (χ0v) is 9.37. The number of nitrogens with two attached hydrogens (primary N) is 2. The van der Waals surface area contributed by atoms with E-state index in [1.165, 1.54) is 0 Å². The Balaban J connectivity index is 0.000000617. The maximum absolute atomic E-state index is 5.53. The average Bonchev–Trinajstić information content (AvgIpc) is 2.63. The quantitative estimate of drug-likeness (QED) is 0.497. The standard InChI is InChI=1S/C8H9N3O.CH4S.B/c9-4-5-1-2-6-7(3-5)12-11-8(6)10;1-2;/h1-3H,4,9H2,(H2,10,11);2H,1H3;. The van der Waals surface area contributed by atoms with E-state index in [2.05, 4.69) is 17.8 Å². The van der Waals surface area contributed by atoms with Crippen molar-refractivity contribution in [2.24, 2.45) is 5.73 Å². The van der Waals surface area contributed by atoms with Crippen molar-refractivity contribution in [2.75, 3.05) is 12.0 Å². The van der Waals surface area contributed by atoms with E-state index in [-0.39, 0.29) is 8.41 Å². The highest BCUT2D eigenvalue weighted by Crippen LogP contribution is 2.20. The molecule has 0 unspecified atom stereocenters. The summed E-state index contributed by atoms with van der Waals surface area (Å²) in [7, 11) is 0. The van der Waals surface area contributed by atoms with E-state index in [1.54, 1.807) is 6.26 Å². The van der Waals surface area contributed by atoms with Gasteiger partial charge in [-0.25, -0.2) is 0 Å². The van der Waals surface area contributed by atoms with E-state index >= 15 is 0 Å². The Kier molecular flexibility index (Phi) is 5.89. The highest BCUT2D eigenvalue weighted by molar-refractivity contribution is 7.79. The molecule has 4 N–H and O–H groups in total. The van der Waals surface area contributed by atoms with Gasteiger partial charge in [0.05, 0.1) is 5.39 Å². The first-order chi connectivity index (χ1) is 6.81. The minimum absolute atomic E-state index is 0. The van der Waals surface area contributed by atoms with Gasteiger partial charge >= 0.3 is 0 Å². The van der Waals surface area contributed by atoms with Gasteiger partial charge in [-0.3, -0.25) is 0 Å². The second kappa shape index (κ2) is 6.37. The lowest BCUT2D eigenvalue weighted by Gasteiger charge is -1.93. The molecule has 0 aliphatic heterocycles. The highest BCUT2D eigenvalue weighted by atomic mass is 32.1. The molecule has 0 saturated heterocycles. The van der Waals surface area contributed by atoms with Gasteiger partial charge in [0.1, 0.15) is 0 Å². The monoisotopic (exact) mass is 222 g/mol. The summed E-state index contributed by atoms with van der Waals surface area (Å²) in [5, 5.41) is 4.47. The largest absolute Gasteiger partial charge is 0.380 e. The number of hydrogen-bond acceptors (Lipinski definition) is 5. The lowest BCUT2D eigenvalue weighted by atomic mass is 10.2. The third-order valence-corrected chi connectivity index (χ3v) is 1.80. The Morgan fingerprint density at radius 3 is 2.67 bits per heavy atom. The van der Waals surface area contributed by atoms with Crippen molar-refractivity contribution in [3.63, 3.8) is 0 Å². The molecule has 0 saturated carbocycles. The molecular weight excluding hydrogens is 209 g/mol. The highest BCUT2D eigenvalue weighted by Gasteiger charge is 2.03. The summed E-state index contributed by atoms with van der Waals surface area (Å²) < 4.78 is 4.96. The Morgan fingerprint density at radius 2 is 2.07 bits per heavy atom. The first kappa shape index (κ1) is 13.9. The van der Waals surface area contributed by atoms with Gasteiger partial charge in [-0.05, 0) is 24.0 Å². The van der Waals surface area contributed by atoms with Gasteiger partial charge in [0, 0.05) is 15.0 Å². The summed E-state index contributed by atoms with van der Waals surface area (Å²) in [6, 6.07) is 5.62. The van der Waals surface area contributed by atoms with Crippen molar-refractivity contribution >= 4 is 37.8 Å². The molecule has 4 nitrogen and oxygen atoms in total. The third-order valence-electron chi connectivity index (χ3n) is 1.80. The molecule has 1 heterocycles. The fraction of sp³-hybridized carbons (Fsp3) is 0.222.